The number of rotatable bonds is 9. The number of benzene rings is 4. The van der Waals surface area contributed by atoms with Crippen LogP contribution in [0.4, 0.5) is 4.79 Å². The summed E-state index contributed by atoms with van der Waals surface area (Å²) in [5, 5.41) is 4.15. The van der Waals surface area contributed by atoms with Crippen LogP contribution in [0.25, 0.3) is 11.1 Å². The highest BCUT2D eigenvalue weighted by Crippen LogP contribution is 2.41. The zero-order chi connectivity index (χ0) is 38.8. The lowest BCUT2D eigenvalue weighted by Crippen LogP contribution is -2.55. The maximum atomic E-state index is 13.9. The molecule has 8 rings (SSSR count). The molecule has 3 aliphatic rings. The summed E-state index contributed by atoms with van der Waals surface area (Å²) in [5.74, 6) is 1.83. The van der Waals surface area contributed by atoms with Crippen molar-refractivity contribution in [2.24, 2.45) is 0 Å². The molecule has 0 aliphatic carbocycles. The first-order valence-electron chi connectivity index (χ1n) is 19.2. The molecule has 2 atom stereocenters. The molecule has 11 heteroatoms. The van der Waals surface area contributed by atoms with Gasteiger partial charge in [-0.15, -0.1) is 0 Å². The van der Waals surface area contributed by atoms with Gasteiger partial charge in [0, 0.05) is 44.5 Å². The number of nitrogens with zero attached hydrogens (tertiary/aromatic N) is 3. The average molecular weight is 792 g/mol. The summed E-state index contributed by atoms with van der Waals surface area (Å²) in [6, 6.07) is 26.9. The number of carbonyl (C=O) groups excluding carboxylic acids is 2. The molecular formula is C45H44Cl2N4O5. The molecule has 1 N–H and O–H groups in total. The Balaban J connectivity index is 0.923. The van der Waals surface area contributed by atoms with Crippen LogP contribution in [0.1, 0.15) is 58.0 Å². The molecule has 4 heterocycles. The van der Waals surface area contributed by atoms with Crippen LogP contribution in [0, 0.1) is 13.8 Å². The van der Waals surface area contributed by atoms with E-state index in [0.29, 0.717) is 79.5 Å². The van der Waals surface area contributed by atoms with Gasteiger partial charge in [0.1, 0.15) is 25.0 Å². The van der Waals surface area contributed by atoms with E-state index in [2.05, 4.69) is 41.5 Å². The number of halogens is 2. The second-order valence-electron chi connectivity index (χ2n) is 14.7. The minimum atomic E-state index is -0.636. The van der Waals surface area contributed by atoms with Crippen molar-refractivity contribution in [2.45, 2.75) is 64.8 Å². The van der Waals surface area contributed by atoms with E-state index in [1.54, 1.807) is 17.0 Å². The zero-order valence-corrected chi connectivity index (χ0v) is 33.0. The summed E-state index contributed by atoms with van der Waals surface area (Å²) in [4.78, 5) is 35.8. The van der Waals surface area contributed by atoms with E-state index >= 15 is 0 Å². The summed E-state index contributed by atoms with van der Waals surface area (Å²) in [6.45, 7) is 6.99. The SMILES string of the molecule is Cc1nccc(-c2ccc(CCNC(=O)C3Cc4cc5c(cc4CN3C(=O)N3CCCC3)OC(c3ccc(OCc4ccc(Cl)c(Cl)c4)cc3)CO5)cc2)c1C. The smallest absolute Gasteiger partial charge is 0.321 e. The molecule has 0 saturated carbocycles. The van der Waals surface area contributed by atoms with E-state index in [4.69, 9.17) is 37.4 Å². The monoisotopic (exact) mass is 790 g/mol. The maximum Gasteiger partial charge on any atom is 0.321 e. The number of pyridine rings is 1. The molecule has 56 heavy (non-hydrogen) atoms. The lowest BCUT2D eigenvalue weighted by molar-refractivity contribution is -0.126. The van der Waals surface area contributed by atoms with Crippen molar-refractivity contribution in [2.75, 3.05) is 26.2 Å². The lowest BCUT2D eigenvalue weighted by atomic mass is 9.92. The third-order valence-corrected chi connectivity index (χ3v) is 11.8. The van der Waals surface area contributed by atoms with Crippen LogP contribution in [0.3, 0.4) is 0 Å². The van der Waals surface area contributed by atoms with E-state index < -0.39 is 6.04 Å². The Kier molecular flexibility index (Phi) is 11.1. The summed E-state index contributed by atoms with van der Waals surface area (Å²) >= 11 is 12.2. The number of likely N-dealkylation sites (tertiary alicyclic amines) is 1. The summed E-state index contributed by atoms with van der Waals surface area (Å²) < 4.78 is 18.7. The van der Waals surface area contributed by atoms with Crippen molar-refractivity contribution >= 4 is 35.1 Å². The van der Waals surface area contributed by atoms with Gasteiger partial charge in [0.05, 0.1) is 10.0 Å². The highest BCUT2D eigenvalue weighted by molar-refractivity contribution is 6.42. The number of hydrogen-bond donors (Lipinski definition) is 1. The molecule has 0 bridgehead atoms. The number of ether oxygens (including phenoxy) is 3. The van der Waals surface area contributed by atoms with Gasteiger partial charge in [0.15, 0.2) is 17.6 Å². The molecular weight excluding hydrogens is 747 g/mol. The molecule has 2 unspecified atom stereocenters. The van der Waals surface area contributed by atoms with Crippen LogP contribution in [-0.4, -0.2) is 59.0 Å². The standard InChI is InChI=1S/C45H44Cl2N4O5/c1-28-29(2)48-18-16-37(28)32-8-5-30(6-9-32)15-17-49-44(52)40-22-34-23-41-42(24-35(34)25-51(40)45(53)50-19-3-4-20-50)56-43(27-55-41)33-10-12-36(13-11-33)54-26-31-7-14-38(46)39(47)21-31/h5-14,16,18,21,23-24,40,43H,3-4,15,17,19-20,22,25-27H2,1-2H3,(H,49,52). The topological polar surface area (TPSA) is 93.2 Å². The van der Waals surface area contributed by atoms with Crippen molar-refractivity contribution < 1.29 is 23.8 Å². The predicted octanol–water partition coefficient (Wildman–Crippen LogP) is 9.07. The highest BCUT2D eigenvalue weighted by atomic mass is 35.5. The van der Waals surface area contributed by atoms with Gasteiger partial charge < -0.3 is 29.3 Å². The minimum absolute atomic E-state index is 0.0974. The van der Waals surface area contributed by atoms with Crippen molar-refractivity contribution in [3.63, 3.8) is 0 Å². The van der Waals surface area contributed by atoms with Crippen molar-refractivity contribution in [1.82, 2.24) is 20.1 Å². The molecule has 4 aromatic carbocycles. The van der Waals surface area contributed by atoms with Crippen LogP contribution in [-0.2, 0) is 30.8 Å². The normalized spacial score (nSPS) is 17.4. The largest absolute Gasteiger partial charge is 0.489 e. The third kappa shape index (κ3) is 8.15. The Labute approximate surface area is 337 Å². The number of carbonyl (C=O) groups is 2. The zero-order valence-electron chi connectivity index (χ0n) is 31.5. The number of nitrogens with one attached hydrogen (secondary N) is 1. The van der Waals surface area contributed by atoms with Crippen LogP contribution in [0.5, 0.6) is 17.2 Å². The molecule has 5 aromatic rings. The summed E-state index contributed by atoms with van der Waals surface area (Å²) in [5.41, 5.74) is 9.44. The summed E-state index contributed by atoms with van der Waals surface area (Å²) in [6.07, 6.45) is 4.53. The Morgan fingerprint density at radius 1 is 0.875 bits per heavy atom. The fourth-order valence-electron chi connectivity index (χ4n) is 7.67. The van der Waals surface area contributed by atoms with Gasteiger partial charge in [0.25, 0.3) is 0 Å². The molecule has 1 aromatic heterocycles. The first kappa shape index (κ1) is 37.7. The van der Waals surface area contributed by atoms with Gasteiger partial charge in [0.2, 0.25) is 5.91 Å². The third-order valence-electron chi connectivity index (χ3n) is 11.1. The second-order valence-corrected chi connectivity index (χ2v) is 15.5. The highest BCUT2D eigenvalue weighted by Gasteiger charge is 2.38. The van der Waals surface area contributed by atoms with Crippen LogP contribution in [0.2, 0.25) is 10.0 Å². The van der Waals surface area contributed by atoms with Crippen molar-refractivity contribution in [3.8, 4) is 28.4 Å². The van der Waals surface area contributed by atoms with Gasteiger partial charge in [-0.1, -0.05) is 65.7 Å². The molecule has 3 aliphatic heterocycles. The van der Waals surface area contributed by atoms with E-state index in [-0.39, 0.29) is 18.0 Å². The molecule has 9 nitrogen and oxygen atoms in total. The fraction of sp³-hybridized carbons (Fsp3) is 0.311. The Hall–Kier alpha value is -5.25. The average Bonchev–Trinajstić information content (AvgIpc) is 3.77. The Morgan fingerprint density at radius 2 is 1.62 bits per heavy atom. The molecule has 1 saturated heterocycles. The number of amides is 3. The molecule has 3 amide bonds. The number of hydrogen-bond acceptors (Lipinski definition) is 6. The minimum Gasteiger partial charge on any atom is -0.489 e. The predicted molar refractivity (Wildman–Crippen MR) is 218 cm³/mol. The van der Waals surface area contributed by atoms with E-state index in [1.165, 1.54) is 11.1 Å². The van der Waals surface area contributed by atoms with Gasteiger partial charge in [-0.05, 0) is 120 Å². The van der Waals surface area contributed by atoms with Crippen LogP contribution in [0.15, 0.2) is 91.1 Å². The Bertz CT molecular complexity index is 2240. The quantitative estimate of drug-likeness (QED) is 0.160. The first-order chi connectivity index (χ1) is 27.2. The summed E-state index contributed by atoms with van der Waals surface area (Å²) in [7, 11) is 0. The van der Waals surface area contributed by atoms with Gasteiger partial charge >= 0.3 is 6.03 Å². The lowest BCUT2D eigenvalue weighted by Gasteiger charge is -2.39. The fourth-order valence-corrected chi connectivity index (χ4v) is 7.99. The van der Waals surface area contributed by atoms with Gasteiger partial charge in [-0.25, -0.2) is 4.79 Å². The number of aromatic nitrogens is 1. The van der Waals surface area contributed by atoms with Gasteiger partial charge in [-0.3, -0.25) is 9.78 Å². The second kappa shape index (κ2) is 16.5. The molecule has 288 valence electrons. The molecule has 0 radical (unpaired) electrons. The van der Waals surface area contributed by atoms with Gasteiger partial charge in [-0.2, -0.15) is 0 Å². The van der Waals surface area contributed by atoms with Crippen molar-refractivity contribution in [3.05, 3.63) is 140 Å². The van der Waals surface area contributed by atoms with Crippen molar-refractivity contribution in [1.29, 1.82) is 0 Å². The van der Waals surface area contributed by atoms with Crippen LogP contribution < -0.4 is 19.5 Å². The van der Waals surface area contributed by atoms with E-state index in [1.807, 2.05) is 66.6 Å². The number of aryl methyl sites for hydroxylation is 1. The van der Waals surface area contributed by atoms with E-state index in [9.17, 15) is 9.59 Å². The number of fused-ring (bicyclic) bond motifs is 2. The first-order valence-corrected chi connectivity index (χ1v) is 19.9. The maximum absolute atomic E-state index is 13.9. The molecule has 0 spiro atoms. The van der Waals surface area contributed by atoms with E-state index in [0.717, 1.165) is 51.9 Å². The van der Waals surface area contributed by atoms with Crippen LogP contribution >= 0.6 is 23.2 Å². The molecule has 1 fully saturated rings. The number of urea groups is 1. The Morgan fingerprint density at radius 3 is 2.39 bits per heavy atom.